The Hall–Kier alpha value is -5.41. The summed E-state index contributed by atoms with van der Waals surface area (Å²) in [6, 6.07) is 54.5. The van der Waals surface area contributed by atoms with Crippen molar-refractivity contribution in [3.63, 3.8) is 0 Å². The molecule has 0 aliphatic carbocycles. The zero-order valence-electron chi connectivity index (χ0n) is 21.8. The van der Waals surface area contributed by atoms with Crippen LogP contribution in [0.3, 0.4) is 0 Å². The van der Waals surface area contributed by atoms with Gasteiger partial charge in [-0.3, -0.25) is 0 Å². The quantitative estimate of drug-likeness (QED) is 0.221. The van der Waals surface area contributed by atoms with Crippen molar-refractivity contribution < 1.29 is 4.42 Å². The Morgan fingerprint density at radius 3 is 1.70 bits per heavy atom. The monoisotopic (exact) mass is 514 g/mol. The molecule has 190 valence electrons. The highest BCUT2D eigenvalue weighted by Crippen LogP contribution is 2.41. The summed E-state index contributed by atoms with van der Waals surface area (Å²) in [4.78, 5) is 7.07. The smallest absolute Gasteiger partial charge is 0.227 e. The second kappa shape index (κ2) is 10.4. The summed E-state index contributed by atoms with van der Waals surface area (Å²) in [6.07, 6.45) is 0. The van der Waals surface area contributed by atoms with Gasteiger partial charge >= 0.3 is 0 Å². The van der Waals surface area contributed by atoms with Crippen LogP contribution in [-0.2, 0) is 0 Å². The number of hydrogen-bond donors (Lipinski definition) is 0. The summed E-state index contributed by atoms with van der Waals surface area (Å²) in [6.45, 7) is 0. The van der Waals surface area contributed by atoms with Crippen LogP contribution in [0.15, 0.2) is 162 Å². The van der Waals surface area contributed by atoms with Crippen molar-refractivity contribution in [3.8, 4) is 33.7 Å². The molecule has 0 aliphatic heterocycles. The van der Waals surface area contributed by atoms with Gasteiger partial charge in [0.1, 0.15) is 5.52 Å². The third-order valence-corrected chi connectivity index (χ3v) is 7.12. The van der Waals surface area contributed by atoms with Crippen LogP contribution in [0.4, 0.5) is 17.1 Å². The molecule has 1 heterocycles. The van der Waals surface area contributed by atoms with Crippen molar-refractivity contribution in [1.82, 2.24) is 4.98 Å². The number of anilines is 3. The molecule has 0 aliphatic rings. The second-order valence-corrected chi connectivity index (χ2v) is 9.64. The molecule has 0 bridgehead atoms. The molecule has 0 radical (unpaired) electrons. The zero-order chi connectivity index (χ0) is 26.7. The molecule has 0 amide bonds. The summed E-state index contributed by atoms with van der Waals surface area (Å²) in [5.41, 5.74) is 10.4. The lowest BCUT2D eigenvalue weighted by atomic mass is 10.0. The van der Waals surface area contributed by atoms with E-state index in [1.54, 1.807) is 0 Å². The maximum atomic E-state index is 6.30. The van der Waals surface area contributed by atoms with E-state index in [0.717, 1.165) is 44.9 Å². The molecule has 3 nitrogen and oxygen atoms in total. The van der Waals surface area contributed by atoms with E-state index in [4.69, 9.17) is 9.40 Å². The van der Waals surface area contributed by atoms with Crippen molar-refractivity contribution in [2.75, 3.05) is 4.90 Å². The summed E-state index contributed by atoms with van der Waals surface area (Å²) in [5, 5.41) is 0. The van der Waals surface area contributed by atoms with E-state index in [2.05, 4.69) is 120 Å². The standard InChI is InChI=1S/C37H26N2O/c1-4-13-27(14-5-1)32-19-10-11-22-35(32)39(30-17-8-3-9-18-30)31-25-23-28(24-26-31)33-20-12-21-34-36(33)40-37(38-34)29-15-6-2-7-16-29/h1-26H. The number of fused-ring (bicyclic) bond motifs is 1. The summed E-state index contributed by atoms with van der Waals surface area (Å²) in [5.74, 6) is 0.632. The topological polar surface area (TPSA) is 29.3 Å². The lowest BCUT2D eigenvalue weighted by Gasteiger charge is -2.28. The molecule has 7 aromatic rings. The molecule has 6 aromatic carbocycles. The van der Waals surface area contributed by atoms with Gasteiger partial charge in [-0.05, 0) is 59.7 Å². The fraction of sp³-hybridized carbons (Fsp3) is 0. The van der Waals surface area contributed by atoms with Crippen molar-refractivity contribution >= 4 is 28.2 Å². The predicted molar refractivity (Wildman–Crippen MR) is 165 cm³/mol. The lowest BCUT2D eigenvalue weighted by Crippen LogP contribution is -2.11. The van der Waals surface area contributed by atoms with E-state index in [0.29, 0.717) is 5.89 Å². The number of para-hydroxylation sites is 3. The fourth-order valence-corrected chi connectivity index (χ4v) is 5.21. The fourth-order valence-electron chi connectivity index (χ4n) is 5.21. The number of benzene rings is 6. The van der Waals surface area contributed by atoms with Crippen LogP contribution in [-0.4, -0.2) is 4.98 Å². The zero-order valence-corrected chi connectivity index (χ0v) is 21.8. The van der Waals surface area contributed by atoms with Crippen LogP contribution in [0.1, 0.15) is 0 Å². The first-order valence-corrected chi connectivity index (χ1v) is 13.4. The molecule has 0 fully saturated rings. The van der Waals surface area contributed by atoms with Gasteiger partial charge in [0.2, 0.25) is 5.89 Å². The van der Waals surface area contributed by atoms with Gasteiger partial charge < -0.3 is 9.32 Å². The van der Waals surface area contributed by atoms with E-state index in [1.165, 1.54) is 11.1 Å². The number of hydrogen-bond acceptors (Lipinski definition) is 3. The Morgan fingerprint density at radius 2 is 0.975 bits per heavy atom. The maximum Gasteiger partial charge on any atom is 0.227 e. The second-order valence-electron chi connectivity index (χ2n) is 9.64. The van der Waals surface area contributed by atoms with Gasteiger partial charge in [0.15, 0.2) is 5.58 Å². The highest BCUT2D eigenvalue weighted by atomic mass is 16.3. The maximum absolute atomic E-state index is 6.30. The molecule has 1 aromatic heterocycles. The average molecular weight is 515 g/mol. The summed E-state index contributed by atoms with van der Waals surface area (Å²) < 4.78 is 6.30. The third kappa shape index (κ3) is 4.44. The predicted octanol–water partition coefficient (Wildman–Crippen LogP) is 10.3. The van der Waals surface area contributed by atoms with E-state index in [9.17, 15) is 0 Å². The summed E-state index contributed by atoms with van der Waals surface area (Å²) in [7, 11) is 0. The van der Waals surface area contributed by atoms with Crippen molar-refractivity contribution in [3.05, 3.63) is 158 Å². The average Bonchev–Trinajstić information content (AvgIpc) is 3.48. The van der Waals surface area contributed by atoms with Crippen LogP contribution < -0.4 is 4.90 Å². The van der Waals surface area contributed by atoms with Gasteiger partial charge in [0, 0.05) is 28.1 Å². The number of nitrogens with zero attached hydrogens (tertiary/aromatic N) is 2. The molecule has 3 heteroatoms. The van der Waals surface area contributed by atoms with E-state index < -0.39 is 0 Å². The molecule has 0 N–H and O–H groups in total. The Morgan fingerprint density at radius 1 is 0.425 bits per heavy atom. The van der Waals surface area contributed by atoms with Gasteiger partial charge in [-0.25, -0.2) is 4.98 Å². The third-order valence-electron chi connectivity index (χ3n) is 7.12. The van der Waals surface area contributed by atoms with Crippen molar-refractivity contribution in [2.45, 2.75) is 0 Å². The van der Waals surface area contributed by atoms with Crippen LogP contribution >= 0.6 is 0 Å². The minimum atomic E-state index is 0.632. The van der Waals surface area contributed by atoms with Crippen LogP contribution in [0.5, 0.6) is 0 Å². The van der Waals surface area contributed by atoms with E-state index in [-0.39, 0.29) is 0 Å². The number of rotatable bonds is 6. The highest BCUT2D eigenvalue weighted by molar-refractivity contribution is 5.93. The Labute approximate surface area is 233 Å². The number of oxazole rings is 1. The largest absolute Gasteiger partial charge is 0.435 e. The number of aromatic nitrogens is 1. The van der Waals surface area contributed by atoms with Crippen molar-refractivity contribution in [2.24, 2.45) is 0 Å². The van der Waals surface area contributed by atoms with Crippen LogP contribution in [0.2, 0.25) is 0 Å². The van der Waals surface area contributed by atoms with Crippen LogP contribution in [0.25, 0.3) is 44.8 Å². The molecule has 0 unspecified atom stereocenters. The van der Waals surface area contributed by atoms with Crippen LogP contribution in [0, 0.1) is 0 Å². The Kier molecular flexibility index (Phi) is 6.15. The molecule has 0 saturated heterocycles. The lowest BCUT2D eigenvalue weighted by molar-refractivity contribution is 0.621. The molecule has 40 heavy (non-hydrogen) atoms. The summed E-state index contributed by atoms with van der Waals surface area (Å²) >= 11 is 0. The van der Waals surface area contributed by atoms with Gasteiger partial charge in [0.25, 0.3) is 0 Å². The van der Waals surface area contributed by atoms with Gasteiger partial charge in [-0.1, -0.05) is 109 Å². The van der Waals surface area contributed by atoms with E-state index >= 15 is 0 Å². The Balaban J connectivity index is 1.32. The molecule has 0 spiro atoms. The molecule has 0 saturated carbocycles. The normalized spacial score (nSPS) is 11.0. The minimum absolute atomic E-state index is 0.632. The van der Waals surface area contributed by atoms with E-state index in [1.807, 2.05) is 42.5 Å². The molecule has 0 atom stereocenters. The first kappa shape index (κ1) is 23.7. The van der Waals surface area contributed by atoms with Crippen molar-refractivity contribution in [1.29, 1.82) is 0 Å². The first-order chi connectivity index (χ1) is 19.8. The highest BCUT2D eigenvalue weighted by Gasteiger charge is 2.18. The molecule has 7 rings (SSSR count). The molecular formula is C37H26N2O. The Bertz CT molecular complexity index is 1880. The van der Waals surface area contributed by atoms with Gasteiger partial charge in [-0.2, -0.15) is 0 Å². The molecular weight excluding hydrogens is 488 g/mol. The minimum Gasteiger partial charge on any atom is -0.435 e. The SMILES string of the molecule is c1ccc(-c2nc3cccc(-c4ccc(N(c5ccccc5)c5ccccc5-c5ccccc5)cc4)c3o2)cc1. The van der Waals surface area contributed by atoms with Gasteiger partial charge in [-0.15, -0.1) is 0 Å². The van der Waals surface area contributed by atoms with Gasteiger partial charge in [0.05, 0.1) is 5.69 Å². The first-order valence-electron chi connectivity index (χ1n) is 13.4.